The Balaban J connectivity index is 2.26. The van der Waals surface area contributed by atoms with E-state index in [9.17, 15) is 9.18 Å². The summed E-state index contributed by atoms with van der Waals surface area (Å²) >= 11 is 3.18. The fourth-order valence-electron chi connectivity index (χ4n) is 1.76. The van der Waals surface area contributed by atoms with Crippen LogP contribution in [0.25, 0.3) is 0 Å². The zero-order valence-electron chi connectivity index (χ0n) is 9.41. The highest BCUT2D eigenvalue weighted by molar-refractivity contribution is 9.10. The zero-order valence-corrected chi connectivity index (χ0v) is 11.0. The molecular weight excluding hydrogens is 301 g/mol. The monoisotopic (exact) mass is 311 g/mol. The standard InChI is InChI=1S/C12H11BrFN3O/c13-8-4-10(9(14)3-7(8)5-15)17-11(12(16)18)6-1-2-6/h3-4,6,11,17H,1-2H2,(H2,16,18). The topological polar surface area (TPSA) is 78.9 Å². The SMILES string of the molecule is N#Cc1cc(F)c(NC(C(N)=O)C2CC2)cc1Br. The molecule has 18 heavy (non-hydrogen) atoms. The summed E-state index contributed by atoms with van der Waals surface area (Å²) in [4.78, 5) is 11.3. The van der Waals surface area contributed by atoms with Crippen molar-refractivity contribution in [2.75, 3.05) is 5.32 Å². The van der Waals surface area contributed by atoms with Gasteiger partial charge in [-0.1, -0.05) is 0 Å². The number of halogens is 2. The molecule has 0 saturated heterocycles. The van der Waals surface area contributed by atoms with Crippen molar-refractivity contribution in [3.05, 3.63) is 28.0 Å². The average molecular weight is 312 g/mol. The third-order valence-electron chi connectivity index (χ3n) is 2.89. The fourth-order valence-corrected chi connectivity index (χ4v) is 2.19. The third-order valence-corrected chi connectivity index (χ3v) is 3.54. The van der Waals surface area contributed by atoms with Gasteiger partial charge < -0.3 is 11.1 Å². The molecule has 3 N–H and O–H groups in total. The minimum atomic E-state index is -0.568. The van der Waals surface area contributed by atoms with E-state index in [-0.39, 0.29) is 17.2 Å². The summed E-state index contributed by atoms with van der Waals surface area (Å²) in [6, 6.07) is 3.89. The molecule has 0 radical (unpaired) electrons. The van der Waals surface area contributed by atoms with Gasteiger partial charge >= 0.3 is 0 Å². The highest BCUT2D eigenvalue weighted by Crippen LogP contribution is 2.35. The summed E-state index contributed by atoms with van der Waals surface area (Å²) in [6.45, 7) is 0. The molecule has 6 heteroatoms. The van der Waals surface area contributed by atoms with E-state index in [4.69, 9.17) is 11.0 Å². The molecule has 0 aromatic heterocycles. The summed E-state index contributed by atoms with van der Waals surface area (Å²) in [5.41, 5.74) is 5.67. The molecule has 1 aromatic rings. The lowest BCUT2D eigenvalue weighted by Crippen LogP contribution is -2.37. The Morgan fingerprint density at radius 3 is 2.78 bits per heavy atom. The van der Waals surface area contributed by atoms with Crippen molar-refractivity contribution in [3.63, 3.8) is 0 Å². The number of hydrogen-bond acceptors (Lipinski definition) is 3. The number of carbonyl (C=O) groups excluding carboxylic acids is 1. The lowest BCUT2D eigenvalue weighted by Gasteiger charge is -2.17. The van der Waals surface area contributed by atoms with Crippen LogP contribution < -0.4 is 11.1 Å². The molecule has 1 saturated carbocycles. The molecule has 1 aromatic carbocycles. The Morgan fingerprint density at radius 1 is 1.61 bits per heavy atom. The van der Waals surface area contributed by atoms with Gasteiger partial charge in [0.15, 0.2) is 0 Å². The number of hydrogen-bond donors (Lipinski definition) is 2. The summed E-state index contributed by atoms with van der Waals surface area (Å²) in [5, 5.41) is 11.6. The molecule has 0 bridgehead atoms. The van der Waals surface area contributed by atoms with Crippen LogP contribution in [0.3, 0.4) is 0 Å². The first-order chi connectivity index (χ1) is 8.52. The summed E-state index contributed by atoms with van der Waals surface area (Å²) < 4.78 is 14.2. The second-order valence-corrected chi connectivity index (χ2v) is 5.14. The Morgan fingerprint density at radius 2 is 2.28 bits per heavy atom. The van der Waals surface area contributed by atoms with E-state index in [1.165, 1.54) is 6.07 Å². The van der Waals surface area contributed by atoms with Gasteiger partial charge in [0.25, 0.3) is 0 Å². The molecule has 1 aliphatic carbocycles. The number of nitrogens with one attached hydrogen (secondary N) is 1. The maximum Gasteiger partial charge on any atom is 0.240 e. The molecule has 1 amide bonds. The quantitative estimate of drug-likeness (QED) is 0.894. The van der Waals surface area contributed by atoms with Gasteiger partial charge in [0.1, 0.15) is 17.9 Å². The normalized spacial score (nSPS) is 15.8. The van der Waals surface area contributed by atoms with E-state index < -0.39 is 17.8 Å². The third kappa shape index (κ3) is 2.62. The Bertz CT molecular complexity index is 537. The van der Waals surface area contributed by atoms with Crippen LogP contribution in [0.15, 0.2) is 16.6 Å². The largest absolute Gasteiger partial charge is 0.371 e. The van der Waals surface area contributed by atoms with E-state index >= 15 is 0 Å². The average Bonchev–Trinajstić information content (AvgIpc) is 3.13. The van der Waals surface area contributed by atoms with Crippen LogP contribution in [0, 0.1) is 23.1 Å². The maximum absolute atomic E-state index is 13.7. The number of anilines is 1. The predicted octanol–water partition coefficient (Wildman–Crippen LogP) is 2.14. The predicted molar refractivity (Wildman–Crippen MR) is 68.1 cm³/mol. The van der Waals surface area contributed by atoms with E-state index in [1.807, 2.05) is 6.07 Å². The lowest BCUT2D eigenvalue weighted by molar-refractivity contribution is -0.119. The van der Waals surface area contributed by atoms with Crippen molar-refractivity contribution in [1.29, 1.82) is 5.26 Å². The van der Waals surface area contributed by atoms with Crippen LogP contribution >= 0.6 is 15.9 Å². The number of benzene rings is 1. The van der Waals surface area contributed by atoms with Gasteiger partial charge in [-0.05, 0) is 46.8 Å². The molecule has 0 heterocycles. The van der Waals surface area contributed by atoms with Crippen LogP contribution in [-0.2, 0) is 4.79 Å². The zero-order chi connectivity index (χ0) is 13.3. The van der Waals surface area contributed by atoms with Gasteiger partial charge in [-0.15, -0.1) is 0 Å². The number of rotatable bonds is 4. The number of nitrogens with zero attached hydrogens (tertiary/aromatic N) is 1. The molecule has 4 nitrogen and oxygen atoms in total. The molecule has 1 atom stereocenters. The van der Waals surface area contributed by atoms with Crippen molar-refractivity contribution in [2.24, 2.45) is 11.7 Å². The first-order valence-corrected chi connectivity index (χ1v) is 6.27. The van der Waals surface area contributed by atoms with Gasteiger partial charge in [-0.2, -0.15) is 5.26 Å². The van der Waals surface area contributed by atoms with Crippen LogP contribution in [0.4, 0.5) is 10.1 Å². The number of nitriles is 1. The van der Waals surface area contributed by atoms with E-state index in [2.05, 4.69) is 21.2 Å². The van der Waals surface area contributed by atoms with Crippen molar-refractivity contribution < 1.29 is 9.18 Å². The Kier molecular flexibility index (Phi) is 3.53. The summed E-state index contributed by atoms with van der Waals surface area (Å²) in [5.74, 6) is -0.879. The molecule has 94 valence electrons. The van der Waals surface area contributed by atoms with Gasteiger partial charge in [0, 0.05) is 4.47 Å². The number of amides is 1. The maximum atomic E-state index is 13.7. The molecule has 2 rings (SSSR count). The minimum Gasteiger partial charge on any atom is -0.371 e. The van der Waals surface area contributed by atoms with E-state index in [0.29, 0.717) is 4.47 Å². The Labute approximate surface area is 112 Å². The van der Waals surface area contributed by atoms with Gasteiger partial charge in [-0.3, -0.25) is 4.79 Å². The first kappa shape index (κ1) is 12.8. The van der Waals surface area contributed by atoms with Crippen LogP contribution in [0.2, 0.25) is 0 Å². The fraction of sp³-hybridized carbons (Fsp3) is 0.333. The second-order valence-electron chi connectivity index (χ2n) is 4.29. The van der Waals surface area contributed by atoms with Crippen molar-refractivity contribution >= 4 is 27.5 Å². The van der Waals surface area contributed by atoms with Crippen LogP contribution in [0.5, 0.6) is 0 Å². The molecule has 1 unspecified atom stereocenters. The van der Waals surface area contributed by atoms with Crippen molar-refractivity contribution in [2.45, 2.75) is 18.9 Å². The molecule has 1 fully saturated rings. The molecule has 1 aliphatic rings. The van der Waals surface area contributed by atoms with E-state index in [1.54, 1.807) is 0 Å². The summed E-state index contributed by atoms with van der Waals surface area (Å²) in [6.07, 6.45) is 1.83. The second kappa shape index (κ2) is 4.94. The molecular formula is C12H11BrFN3O. The molecule has 0 aliphatic heterocycles. The Hall–Kier alpha value is -1.61. The lowest BCUT2D eigenvalue weighted by atomic mass is 10.1. The van der Waals surface area contributed by atoms with Crippen molar-refractivity contribution in [3.8, 4) is 6.07 Å². The first-order valence-electron chi connectivity index (χ1n) is 5.48. The van der Waals surface area contributed by atoms with Gasteiger partial charge in [0.2, 0.25) is 5.91 Å². The molecule has 0 spiro atoms. The summed E-state index contributed by atoms with van der Waals surface area (Å²) in [7, 11) is 0. The van der Waals surface area contributed by atoms with Crippen LogP contribution in [0.1, 0.15) is 18.4 Å². The van der Waals surface area contributed by atoms with Crippen LogP contribution in [-0.4, -0.2) is 11.9 Å². The number of primary amides is 1. The van der Waals surface area contributed by atoms with Gasteiger partial charge in [0.05, 0.1) is 11.3 Å². The van der Waals surface area contributed by atoms with Gasteiger partial charge in [-0.25, -0.2) is 4.39 Å². The number of carbonyl (C=O) groups is 1. The highest BCUT2D eigenvalue weighted by Gasteiger charge is 2.35. The van der Waals surface area contributed by atoms with E-state index in [0.717, 1.165) is 18.9 Å². The highest BCUT2D eigenvalue weighted by atomic mass is 79.9. The number of nitrogens with two attached hydrogens (primary N) is 1. The van der Waals surface area contributed by atoms with Crippen molar-refractivity contribution in [1.82, 2.24) is 0 Å². The smallest absolute Gasteiger partial charge is 0.240 e. The minimum absolute atomic E-state index is 0.177.